The summed E-state index contributed by atoms with van der Waals surface area (Å²) in [7, 11) is 0. The highest BCUT2D eigenvalue weighted by Gasteiger charge is 2.15. The second-order valence-electron chi connectivity index (χ2n) is 5.78. The number of rotatable bonds is 7. The molecule has 5 heteroatoms. The molecule has 1 heterocycles. The molecule has 0 spiro atoms. The quantitative estimate of drug-likeness (QED) is 0.734. The molecule has 5 nitrogen and oxygen atoms in total. The second kappa shape index (κ2) is 7.43. The minimum Gasteiger partial charge on any atom is -0.491 e. The number of nitrogens with zero attached hydrogens (tertiary/aromatic N) is 1. The van der Waals surface area contributed by atoms with E-state index in [-0.39, 0.29) is 6.61 Å². The van der Waals surface area contributed by atoms with E-state index in [4.69, 9.17) is 4.74 Å². The lowest BCUT2D eigenvalue weighted by Gasteiger charge is -2.25. The van der Waals surface area contributed by atoms with Gasteiger partial charge in [-0.3, -0.25) is 4.79 Å². The summed E-state index contributed by atoms with van der Waals surface area (Å²) in [4.78, 5) is 12.6. The lowest BCUT2D eigenvalue weighted by Crippen LogP contribution is -2.35. The smallest absolute Gasteiger partial charge is 0.210 e. The Hall–Kier alpha value is -1.59. The molecule has 0 saturated heterocycles. The first-order valence-corrected chi connectivity index (χ1v) is 7.44. The van der Waals surface area contributed by atoms with Crippen molar-refractivity contribution in [3.05, 3.63) is 29.3 Å². The maximum absolute atomic E-state index is 10.8. The number of ether oxygens (including phenoxy) is 1. The minimum atomic E-state index is -0.519. The minimum absolute atomic E-state index is 0.277. The SMILES string of the molecule is CC(C)NCC(O)COc1ccc2c(c1)CCN(C=O)C2. The fourth-order valence-corrected chi connectivity index (χ4v) is 2.35. The van der Waals surface area contributed by atoms with Crippen molar-refractivity contribution in [3.8, 4) is 5.75 Å². The highest BCUT2D eigenvalue weighted by Crippen LogP contribution is 2.23. The van der Waals surface area contributed by atoms with Gasteiger partial charge >= 0.3 is 0 Å². The standard InChI is InChI=1S/C16H24N2O3/c1-12(2)17-8-15(20)10-21-16-4-3-14-9-18(11-19)6-5-13(14)7-16/h3-4,7,11-12,15,17,20H,5-6,8-10H2,1-2H3. The monoisotopic (exact) mass is 292 g/mol. The molecular weight excluding hydrogens is 268 g/mol. The van der Waals surface area contributed by atoms with E-state index in [9.17, 15) is 9.90 Å². The number of hydrogen-bond acceptors (Lipinski definition) is 4. The van der Waals surface area contributed by atoms with Crippen LogP contribution in [0.15, 0.2) is 18.2 Å². The topological polar surface area (TPSA) is 61.8 Å². The van der Waals surface area contributed by atoms with Crippen LogP contribution in [0.4, 0.5) is 0 Å². The van der Waals surface area contributed by atoms with E-state index in [1.165, 1.54) is 11.1 Å². The Morgan fingerprint density at radius 1 is 1.43 bits per heavy atom. The van der Waals surface area contributed by atoms with Gasteiger partial charge in [-0.05, 0) is 29.7 Å². The van der Waals surface area contributed by atoms with Crippen molar-refractivity contribution in [3.63, 3.8) is 0 Å². The van der Waals surface area contributed by atoms with E-state index in [2.05, 4.69) is 5.32 Å². The van der Waals surface area contributed by atoms with Crippen LogP contribution in [0.5, 0.6) is 5.75 Å². The van der Waals surface area contributed by atoms with Gasteiger partial charge in [-0.15, -0.1) is 0 Å². The van der Waals surface area contributed by atoms with Gasteiger partial charge in [0.15, 0.2) is 0 Å². The summed E-state index contributed by atoms with van der Waals surface area (Å²) in [6.45, 7) is 6.30. The van der Waals surface area contributed by atoms with Gasteiger partial charge in [-0.2, -0.15) is 0 Å². The van der Waals surface area contributed by atoms with Crippen LogP contribution >= 0.6 is 0 Å². The van der Waals surface area contributed by atoms with Crippen molar-refractivity contribution >= 4 is 6.41 Å². The number of amides is 1. The van der Waals surface area contributed by atoms with Gasteiger partial charge in [0.05, 0.1) is 0 Å². The third-order valence-electron chi connectivity index (χ3n) is 3.57. The predicted molar refractivity (Wildman–Crippen MR) is 81.3 cm³/mol. The van der Waals surface area contributed by atoms with Crippen molar-refractivity contribution in [2.75, 3.05) is 19.7 Å². The molecule has 1 aromatic carbocycles. The molecule has 1 amide bonds. The number of aliphatic hydroxyl groups is 1. The molecule has 116 valence electrons. The van der Waals surface area contributed by atoms with Crippen LogP contribution in [0.3, 0.4) is 0 Å². The molecule has 2 rings (SSSR count). The zero-order chi connectivity index (χ0) is 15.2. The Morgan fingerprint density at radius 2 is 2.24 bits per heavy atom. The molecule has 0 radical (unpaired) electrons. The number of hydrogen-bond donors (Lipinski definition) is 2. The molecule has 1 atom stereocenters. The molecule has 21 heavy (non-hydrogen) atoms. The van der Waals surface area contributed by atoms with Gasteiger partial charge in [0.2, 0.25) is 6.41 Å². The van der Waals surface area contributed by atoms with Crippen LogP contribution in [0.25, 0.3) is 0 Å². The summed E-state index contributed by atoms with van der Waals surface area (Å²) in [5, 5.41) is 13.0. The van der Waals surface area contributed by atoms with Crippen molar-refractivity contribution in [1.82, 2.24) is 10.2 Å². The van der Waals surface area contributed by atoms with Crippen molar-refractivity contribution in [2.45, 2.75) is 39.0 Å². The predicted octanol–water partition coefficient (Wildman–Crippen LogP) is 0.939. The summed E-state index contributed by atoms with van der Waals surface area (Å²) < 4.78 is 5.65. The van der Waals surface area contributed by atoms with Crippen molar-refractivity contribution < 1.29 is 14.6 Å². The highest BCUT2D eigenvalue weighted by atomic mass is 16.5. The number of nitrogens with one attached hydrogen (secondary N) is 1. The number of benzene rings is 1. The zero-order valence-corrected chi connectivity index (χ0v) is 12.7. The van der Waals surface area contributed by atoms with Crippen LogP contribution in [-0.2, 0) is 17.8 Å². The largest absolute Gasteiger partial charge is 0.491 e. The van der Waals surface area contributed by atoms with Crippen LogP contribution < -0.4 is 10.1 Å². The first-order chi connectivity index (χ1) is 10.1. The average molecular weight is 292 g/mol. The molecule has 0 saturated carbocycles. The van der Waals surface area contributed by atoms with Crippen LogP contribution in [0.1, 0.15) is 25.0 Å². The highest BCUT2D eigenvalue weighted by molar-refractivity contribution is 5.49. The zero-order valence-electron chi connectivity index (χ0n) is 12.7. The summed E-state index contributed by atoms with van der Waals surface area (Å²) in [5.41, 5.74) is 2.39. The number of aliphatic hydroxyl groups excluding tert-OH is 1. The van der Waals surface area contributed by atoms with Gasteiger partial charge in [-0.25, -0.2) is 0 Å². The molecule has 0 bridgehead atoms. The second-order valence-corrected chi connectivity index (χ2v) is 5.78. The number of carbonyl (C=O) groups is 1. The fraction of sp³-hybridized carbons (Fsp3) is 0.562. The molecule has 1 aliphatic heterocycles. The van der Waals surface area contributed by atoms with E-state index in [0.29, 0.717) is 19.1 Å². The molecule has 2 N–H and O–H groups in total. The summed E-state index contributed by atoms with van der Waals surface area (Å²) in [6.07, 6.45) is 1.22. The lowest BCUT2D eigenvalue weighted by atomic mass is 10.00. The maximum Gasteiger partial charge on any atom is 0.210 e. The van der Waals surface area contributed by atoms with Crippen LogP contribution in [0.2, 0.25) is 0 Å². The van der Waals surface area contributed by atoms with E-state index in [1.54, 1.807) is 4.90 Å². The maximum atomic E-state index is 10.8. The fourth-order valence-electron chi connectivity index (χ4n) is 2.35. The molecule has 0 fully saturated rings. The van der Waals surface area contributed by atoms with Gasteiger partial charge in [0.1, 0.15) is 18.5 Å². The Bertz CT molecular complexity index is 477. The van der Waals surface area contributed by atoms with Gasteiger partial charge in [0.25, 0.3) is 0 Å². The van der Waals surface area contributed by atoms with Gasteiger partial charge in [-0.1, -0.05) is 19.9 Å². The summed E-state index contributed by atoms with van der Waals surface area (Å²) in [6, 6.07) is 6.26. The Balaban J connectivity index is 1.86. The molecule has 1 unspecified atom stereocenters. The van der Waals surface area contributed by atoms with E-state index in [0.717, 1.165) is 25.1 Å². The molecule has 0 aromatic heterocycles. The average Bonchev–Trinajstić information content (AvgIpc) is 2.50. The van der Waals surface area contributed by atoms with Crippen LogP contribution in [-0.4, -0.2) is 48.3 Å². The van der Waals surface area contributed by atoms with Crippen molar-refractivity contribution in [1.29, 1.82) is 0 Å². The Morgan fingerprint density at radius 3 is 2.95 bits per heavy atom. The first kappa shape index (κ1) is 15.8. The third-order valence-corrected chi connectivity index (χ3v) is 3.57. The third kappa shape index (κ3) is 4.72. The molecular formula is C16H24N2O3. The van der Waals surface area contributed by atoms with Gasteiger partial charge < -0.3 is 20.1 Å². The van der Waals surface area contributed by atoms with Gasteiger partial charge in [0, 0.05) is 25.7 Å². The number of carbonyl (C=O) groups excluding carboxylic acids is 1. The Kier molecular flexibility index (Phi) is 5.59. The van der Waals surface area contributed by atoms with E-state index < -0.39 is 6.10 Å². The molecule has 0 aliphatic carbocycles. The van der Waals surface area contributed by atoms with Crippen LogP contribution in [0, 0.1) is 0 Å². The Labute approximate surface area is 125 Å². The van der Waals surface area contributed by atoms with E-state index >= 15 is 0 Å². The lowest BCUT2D eigenvalue weighted by molar-refractivity contribution is -0.118. The molecule has 1 aliphatic rings. The first-order valence-electron chi connectivity index (χ1n) is 7.44. The normalized spacial score (nSPS) is 15.7. The summed E-state index contributed by atoms with van der Waals surface area (Å²) >= 11 is 0. The van der Waals surface area contributed by atoms with E-state index in [1.807, 2.05) is 32.0 Å². The number of fused-ring (bicyclic) bond motifs is 1. The molecule has 1 aromatic rings. The van der Waals surface area contributed by atoms with Crippen molar-refractivity contribution in [2.24, 2.45) is 0 Å². The summed E-state index contributed by atoms with van der Waals surface area (Å²) in [5.74, 6) is 0.775.